The van der Waals surface area contributed by atoms with E-state index in [0.29, 0.717) is 5.25 Å². The highest BCUT2D eigenvalue weighted by Crippen LogP contribution is 2.42. The van der Waals surface area contributed by atoms with Crippen LogP contribution < -0.4 is 0 Å². The molecule has 0 amide bonds. The lowest BCUT2D eigenvalue weighted by atomic mass is 10.0. The van der Waals surface area contributed by atoms with Gasteiger partial charge in [-0.15, -0.1) is 10.2 Å². The fourth-order valence-electron chi connectivity index (χ4n) is 3.18. The summed E-state index contributed by atoms with van der Waals surface area (Å²) in [6, 6.07) is 8.80. The number of aromatic nitrogens is 5. The summed E-state index contributed by atoms with van der Waals surface area (Å²) in [6.07, 6.45) is 9.93. The molecule has 0 fully saturated rings. The van der Waals surface area contributed by atoms with E-state index in [9.17, 15) is 0 Å². The fourth-order valence-corrected chi connectivity index (χ4v) is 4.41. The van der Waals surface area contributed by atoms with Gasteiger partial charge in [0.2, 0.25) is 0 Å². The molecule has 0 radical (unpaired) electrons. The maximum absolute atomic E-state index is 4.40. The molecule has 0 unspecified atom stereocenters. The summed E-state index contributed by atoms with van der Waals surface area (Å²) in [5.41, 5.74) is 3.67. The number of nitrogens with zero attached hydrogens (tertiary/aromatic N) is 5. The molecule has 5 nitrogen and oxygen atoms in total. The van der Waals surface area contributed by atoms with Gasteiger partial charge in [-0.3, -0.25) is 4.98 Å². The minimum atomic E-state index is 0.432. The summed E-state index contributed by atoms with van der Waals surface area (Å²) < 4.78 is 2.02. The molecular formula is C18H19N5S. The smallest absolute Gasteiger partial charge is 0.191 e. The lowest BCUT2D eigenvalue weighted by Gasteiger charge is -2.16. The molecule has 2 aromatic heterocycles. The van der Waals surface area contributed by atoms with E-state index < -0.39 is 0 Å². The van der Waals surface area contributed by atoms with Gasteiger partial charge in [-0.1, -0.05) is 42.4 Å². The van der Waals surface area contributed by atoms with Crippen LogP contribution in [0.1, 0.15) is 35.6 Å². The Kier molecular flexibility index (Phi) is 4.30. The van der Waals surface area contributed by atoms with Crippen molar-refractivity contribution >= 4 is 11.8 Å². The summed E-state index contributed by atoms with van der Waals surface area (Å²) in [5, 5.41) is 10.1. The molecular weight excluding hydrogens is 318 g/mol. The van der Waals surface area contributed by atoms with Crippen LogP contribution >= 0.6 is 11.8 Å². The molecule has 0 saturated heterocycles. The van der Waals surface area contributed by atoms with Gasteiger partial charge in [0.05, 0.1) is 6.20 Å². The maximum atomic E-state index is 4.40. The van der Waals surface area contributed by atoms with Crippen LogP contribution in [-0.4, -0.2) is 24.7 Å². The Morgan fingerprint density at radius 2 is 2.04 bits per heavy atom. The van der Waals surface area contributed by atoms with E-state index in [1.807, 2.05) is 11.6 Å². The van der Waals surface area contributed by atoms with Crippen molar-refractivity contribution in [2.24, 2.45) is 7.05 Å². The second kappa shape index (κ2) is 6.73. The number of benzene rings is 1. The molecule has 122 valence electrons. The largest absolute Gasteiger partial charge is 0.304 e. The molecule has 1 atom stereocenters. The molecule has 2 heterocycles. The zero-order valence-electron chi connectivity index (χ0n) is 13.6. The monoisotopic (exact) mass is 337 g/mol. The molecule has 0 aliphatic heterocycles. The van der Waals surface area contributed by atoms with Crippen LogP contribution in [0.25, 0.3) is 11.5 Å². The fraction of sp³-hybridized carbons (Fsp3) is 0.333. The van der Waals surface area contributed by atoms with E-state index in [4.69, 9.17) is 0 Å². The van der Waals surface area contributed by atoms with Crippen molar-refractivity contribution in [3.63, 3.8) is 0 Å². The van der Waals surface area contributed by atoms with Gasteiger partial charge in [0.15, 0.2) is 11.0 Å². The molecule has 0 N–H and O–H groups in total. The standard InChI is InChI=1S/C18H19N5S/c1-23-17(15-12-19-10-11-20-15)21-22-18(23)24-16-9-5-3-7-13-6-2-4-8-14(13)16/h2,4,6,8,10-12,16H,3,5,7,9H2,1H3/t16-/m1/s1. The van der Waals surface area contributed by atoms with Crippen molar-refractivity contribution in [1.82, 2.24) is 24.7 Å². The van der Waals surface area contributed by atoms with Crippen molar-refractivity contribution < 1.29 is 0 Å². The summed E-state index contributed by atoms with van der Waals surface area (Å²) in [7, 11) is 1.99. The highest BCUT2D eigenvalue weighted by molar-refractivity contribution is 7.99. The Morgan fingerprint density at radius 3 is 2.92 bits per heavy atom. The quantitative estimate of drug-likeness (QED) is 0.680. The number of fused-ring (bicyclic) bond motifs is 1. The Balaban J connectivity index is 1.64. The molecule has 4 rings (SSSR count). The van der Waals surface area contributed by atoms with Crippen LogP contribution in [0.2, 0.25) is 0 Å². The van der Waals surface area contributed by atoms with Gasteiger partial charge in [-0.05, 0) is 30.4 Å². The Labute approximate surface area is 145 Å². The Hall–Kier alpha value is -2.21. The Morgan fingerprint density at radius 1 is 1.12 bits per heavy atom. The molecule has 3 aromatic rings. The minimum Gasteiger partial charge on any atom is -0.304 e. The van der Waals surface area contributed by atoms with Crippen molar-refractivity contribution in [2.75, 3.05) is 0 Å². The number of hydrogen-bond acceptors (Lipinski definition) is 5. The van der Waals surface area contributed by atoms with Crippen LogP contribution in [-0.2, 0) is 13.5 Å². The van der Waals surface area contributed by atoms with Crippen LogP contribution in [0.4, 0.5) is 0 Å². The number of thioether (sulfide) groups is 1. The van der Waals surface area contributed by atoms with Gasteiger partial charge in [0, 0.05) is 24.7 Å². The van der Waals surface area contributed by atoms with Crippen molar-refractivity contribution in [2.45, 2.75) is 36.1 Å². The van der Waals surface area contributed by atoms with Gasteiger partial charge < -0.3 is 4.57 Å². The van der Waals surface area contributed by atoms with Gasteiger partial charge in [-0.25, -0.2) is 4.98 Å². The predicted molar refractivity (Wildman–Crippen MR) is 94.6 cm³/mol. The molecule has 1 aliphatic carbocycles. The third kappa shape index (κ3) is 2.94. The zero-order chi connectivity index (χ0) is 16.4. The second-order valence-electron chi connectivity index (χ2n) is 6.01. The van der Waals surface area contributed by atoms with Gasteiger partial charge in [0.25, 0.3) is 0 Å². The summed E-state index contributed by atoms with van der Waals surface area (Å²) in [5.74, 6) is 0.757. The van der Waals surface area contributed by atoms with Gasteiger partial charge >= 0.3 is 0 Å². The number of aryl methyl sites for hydroxylation is 1. The lowest BCUT2D eigenvalue weighted by molar-refractivity contribution is 0.699. The normalized spacial score (nSPS) is 17.3. The van der Waals surface area contributed by atoms with E-state index in [1.54, 1.807) is 30.4 Å². The first-order valence-electron chi connectivity index (χ1n) is 8.23. The van der Waals surface area contributed by atoms with Crippen molar-refractivity contribution in [3.05, 3.63) is 54.0 Å². The maximum Gasteiger partial charge on any atom is 0.191 e. The van der Waals surface area contributed by atoms with Crippen LogP contribution in [0.3, 0.4) is 0 Å². The lowest BCUT2D eigenvalue weighted by Crippen LogP contribution is -2.00. The average Bonchev–Trinajstić information content (AvgIpc) is 2.86. The van der Waals surface area contributed by atoms with Crippen LogP contribution in [0.15, 0.2) is 48.0 Å². The van der Waals surface area contributed by atoms with Crippen molar-refractivity contribution in [1.29, 1.82) is 0 Å². The molecule has 0 spiro atoms. The molecule has 24 heavy (non-hydrogen) atoms. The highest BCUT2D eigenvalue weighted by atomic mass is 32.2. The highest BCUT2D eigenvalue weighted by Gasteiger charge is 2.22. The molecule has 1 aromatic carbocycles. The summed E-state index contributed by atoms with van der Waals surface area (Å²) >= 11 is 1.80. The minimum absolute atomic E-state index is 0.432. The van der Waals surface area contributed by atoms with Crippen molar-refractivity contribution in [3.8, 4) is 11.5 Å². The number of rotatable bonds is 3. The van der Waals surface area contributed by atoms with E-state index >= 15 is 0 Å². The molecule has 1 aliphatic rings. The van der Waals surface area contributed by atoms with E-state index in [2.05, 4.69) is 44.4 Å². The van der Waals surface area contributed by atoms with Gasteiger partial charge in [-0.2, -0.15) is 0 Å². The first kappa shape index (κ1) is 15.3. The predicted octanol–water partition coefficient (Wildman–Crippen LogP) is 3.83. The average molecular weight is 337 g/mol. The SMILES string of the molecule is Cn1c(S[C@@H]2CCCCc3ccccc32)nnc1-c1cnccn1. The third-order valence-electron chi connectivity index (χ3n) is 4.44. The summed E-state index contributed by atoms with van der Waals surface area (Å²) in [4.78, 5) is 8.44. The van der Waals surface area contributed by atoms with Crippen LogP contribution in [0, 0.1) is 0 Å². The molecule has 6 heteroatoms. The topological polar surface area (TPSA) is 56.5 Å². The second-order valence-corrected chi connectivity index (χ2v) is 7.18. The number of hydrogen-bond donors (Lipinski definition) is 0. The Bertz CT molecular complexity index is 830. The van der Waals surface area contributed by atoms with Gasteiger partial charge in [0.1, 0.15) is 5.69 Å². The van der Waals surface area contributed by atoms with Crippen LogP contribution in [0.5, 0.6) is 0 Å². The molecule has 0 saturated carbocycles. The summed E-state index contributed by atoms with van der Waals surface area (Å²) in [6.45, 7) is 0. The van der Waals surface area contributed by atoms with E-state index in [1.165, 1.54) is 36.8 Å². The molecule has 0 bridgehead atoms. The zero-order valence-corrected chi connectivity index (χ0v) is 14.4. The first-order chi connectivity index (χ1) is 11.8. The van der Waals surface area contributed by atoms with E-state index in [-0.39, 0.29) is 0 Å². The van der Waals surface area contributed by atoms with E-state index in [0.717, 1.165) is 16.7 Å². The third-order valence-corrected chi connectivity index (χ3v) is 5.78. The first-order valence-corrected chi connectivity index (χ1v) is 9.11.